The Morgan fingerprint density at radius 2 is 0.944 bits per heavy atom. The number of anilines is 2. The quantitative estimate of drug-likeness (QED) is 0.0440. The number of ketones is 2. The molecule has 0 bridgehead atoms. The van der Waals surface area contributed by atoms with Crippen LogP contribution in [0.4, 0.5) is 11.4 Å². The normalized spacial score (nSPS) is 14.2. The number of hydrogen-bond acceptors (Lipinski definition) is 7. The third-order valence-electron chi connectivity index (χ3n) is 15.1. The van der Waals surface area contributed by atoms with Gasteiger partial charge in [0.2, 0.25) is 11.6 Å². The molecule has 0 spiro atoms. The molecule has 1 aliphatic carbocycles. The van der Waals surface area contributed by atoms with Crippen molar-refractivity contribution in [3.05, 3.63) is 156 Å². The van der Waals surface area contributed by atoms with Crippen molar-refractivity contribution >= 4 is 89.3 Å². The number of fused-ring (bicyclic) bond motifs is 13. The molecule has 0 radical (unpaired) electrons. The highest BCUT2D eigenvalue weighted by molar-refractivity contribution is 7.00. The molecule has 71 heavy (non-hydrogen) atoms. The third-order valence-corrected chi connectivity index (χ3v) is 15.6. The first kappa shape index (κ1) is 44.8. The summed E-state index contributed by atoms with van der Waals surface area (Å²) in [5, 5.41) is 4.65. The second kappa shape index (κ2) is 19.1. The van der Waals surface area contributed by atoms with Crippen molar-refractivity contribution in [2.45, 2.75) is 78.1 Å². The fourth-order valence-electron chi connectivity index (χ4n) is 11.6. The maximum atomic E-state index is 11.8. The summed E-state index contributed by atoms with van der Waals surface area (Å²) < 4.78 is 10.2. The van der Waals surface area contributed by atoms with Crippen LogP contribution >= 0.6 is 11.7 Å². The molecule has 0 saturated carbocycles. The Morgan fingerprint density at radius 3 is 1.45 bits per heavy atom. The molecule has 8 aromatic carbocycles. The number of carbonyl (C=O) groups excluding carboxylic acids is 2. The van der Waals surface area contributed by atoms with Gasteiger partial charge in [0.15, 0.2) is 0 Å². The van der Waals surface area contributed by atoms with Crippen LogP contribution in [0.5, 0.6) is 0 Å². The van der Waals surface area contributed by atoms with Crippen molar-refractivity contribution in [2.24, 2.45) is 0 Å². The number of carbonyl (C=O) groups is 2. The van der Waals surface area contributed by atoms with Gasteiger partial charge in [-0.15, -0.1) is 0 Å². The van der Waals surface area contributed by atoms with E-state index in [-0.39, 0.29) is 0 Å². The SMILES string of the molecule is CCCCCN1CCCc2cc(-c3c4nc5c6ccccc6c6ccccc6c5nc4c(-c4ccc5c(c4)CCCN5CCCCC)c4[n-][s+]nc34)ccc21.O=C1C(=O)c2ccccc2-c2ccccc21. The van der Waals surface area contributed by atoms with Crippen molar-refractivity contribution < 1.29 is 9.59 Å². The van der Waals surface area contributed by atoms with E-state index in [4.69, 9.17) is 18.7 Å². The molecular weight excluding hydrogens is 893 g/mol. The van der Waals surface area contributed by atoms with E-state index >= 15 is 0 Å². The smallest absolute Gasteiger partial charge is 0.279 e. The van der Waals surface area contributed by atoms with Gasteiger partial charge in [-0.25, -0.2) is 9.97 Å². The van der Waals surface area contributed by atoms with E-state index in [1.54, 1.807) is 24.3 Å². The summed E-state index contributed by atoms with van der Waals surface area (Å²) in [6, 6.07) is 46.0. The summed E-state index contributed by atoms with van der Waals surface area (Å²) in [6.07, 6.45) is 12.0. The maximum Gasteiger partial charge on any atom is 0.279 e. The van der Waals surface area contributed by atoms with Crippen LogP contribution in [0, 0.1) is 0 Å². The molecule has 10 aromatic rings. The highest BCUT2D eigenvalue weighted by atomic mass is 32.1. The van der Waals surface area contributed by atoms with Gasteiger partial charge >= 0.3 is 0 Å². The molecule has 13 rings (SSSR count). The Kier molecular flexibility index (Phi) is 12.1. The largest absolute Gasteiger partial charge is 0.371 e. The first-order chi connectivity index (χ1) is 35.0. The average molecular weight is 949 g/mol. The van der Waals surface area contributed by atoms with E-state index in [1.807, 2.05) is 24.3 Å². The number of benzene rings is 8. The zero-order valence-corrected chi connectivity index (χ0v) is 41.3. The lowest BCUT2D eigenvalue weighted by atomic mass is 9.84. The standard InChI is InChI=1S/C48H48N6S.C14H8O2/c1-3-5-11-25-53-27-13-15-31-29-33(21-23-39(31)53)41-45-46(50-44-38-20-10-8-18-36(38)35-17-7-9-19-37(35)43(44)49-45)42(48-47(41)51-55-52-48)34-22-24-40-32(30-34)16-14-28-54(40)26-12-6-4-2;15-13-11-7-3-1-5-9(11)10-6-2-4-8-12(10)14(13)16/h7-10,17-24,29-30H,3-6,11-16,25-28H2,1-2H3;1-8H. The van der Waals surface area contributed by atoms with Crippen LogP contribution in [-0.2, 0) is 12.8 Å². The van der Waals surface area contributed by atoms with Crippen LogP contribution in [-0.4, -0.2) is 52.1 Å². The summed E-state index contributed by atoms with van der Waals surface area (Å²) in [4.78, 5) is 40.3. The lowest BCUT2D eigenvalue weighted by molar-refractivity contribution is 0.0815. The number of rotatable bonds is 10. The molecule has 0 amide bonds. The number of unbranched alkanes of at least 4 members (excludes halogenated alkanes) is 4. The zero-order chi connectivity index (χ0) is 48.0. The van der Waals surface area contributed by atoms with Gasteiger partial charge in [0, 0.05) is 81.6 Å². The average Bonchev–Trinajstić information content (AvgIpc) is 3.91. The molecule has 9 heteroatoms. The Hall–Kier alpha value is -7.36. The van der Waals surface area contributed by atoms with Crippen LogP contribution in [0.1, 0.15) is 97.1 Å². The molecular formula is C62H56N6O2S. The Morgan fingerprint density at radius 1 is 0.493 bits per heavy atom. The second-order valence-electron chi connectivity index (χ2n) is 19.5. The van der Waals surface area contributed by atoms with Crippen LogP contribution in [0.25, 0.3) is 88.0 Å². The molecule has 0 unspecified atom stereocenters. The van der Waals surface area contributed by atoms with Gasteiger partial charge in [-0.05, 0) is 107 Å². The number of hydrogen-bond donors (Lipinski definition) is 0. The summed E-state index contributed by atoms with van der Waals surface area (Å²) in [7, 11) is 0. The third kappa shape index (κ3) is 7.91. The van der Waals surface area contributed by atoms with Gasteiger partial charge in [-0.3, -0.25) is 9.59 Å². The van der Waals surface area contributed by atoms with Gasteiger partial charge in [-0.1, -0.05) is 149 Å². The van der Waals surface area contributed by atoms with Gasteiger partial charge in [0.05, 0.1) is 22.1 Å². The summed E-state index contributed by atoms with van der Waals surface area (Å²) in [5.74, 6) is -0.816. The van der Waals surface area contributed by atoms with E-state index in [2.05, 4.69) is 109 Å². The highest BCUT2D eigenvalue weighted by Gasteiger charge is 2.30. The predicted molar refractivity (Wildman–Crippen MR) is 294 cm³/mol. The molecule has 0 atom stereocenters. The minimum atomic E-state index is -0.408. The molecule has 2 aromatic heterocycles. The fourth-order valence-corrected chi connectivity index (χ4v) is 12.2. The van der Waals surface area contributed by atoms with Crippen molar-refractivity contribution in [3.63, 3.8) is 0 Å². The monoisotopic (exact) mass is 948 g/mol. The predicted octanol–water partition coefficient (Wildman–Crippen LogP) is 14.9. The zero-order valence-electron chi connectivity index (χ0n) is 40.5. The van der Waals surface area contributed by atoms with E-state index in [1.165, 1.54) is 96.4 Å². The molecule has 0 fully saturated rings. The van der Waals surface area contributed by atoms with E-state index in [9.17, 15) is 9.59 Å². The van der Waals surface area contributed by atoms with Crippen LogP contribution < -0.4 is 14.2 Å². The molecule has 352 valence electrons. The Labute approximate surface area is 418 Å². The van der Waals surface area contributed by atoms with Crippen molar-refractivity contribution in [2.75, 3.05) is 36.0 Å². The van der Waals surface area contributed by atoms with Crippen LogP contribution in [0.2, 0.25) is 0 Å². The highest BCUT2D eigenvalue weighted by Crippen LogP contribution is 2.46. The molecule has 4 heterocycles. The number of Topliss-reactive ketones (excluding diaryl/α,β-unsaturated/α-hetero) is 2. The topological polar surface area (TPSA) is 93.4 Å². The van der Waals surface area contributed by atoms with Gasteiger partial charge in [-0.2, -0.15) is 8.75 Å². The van der Waals surface area contributed by atoms with Gasteiger partial charge < -0.3 is 9.80 Å². The van der Waals surface area contributed by atoms with Crippen LogP contribution in [0.15, 0.2) is 133 Å². The lowest BCUT2D eigenvalue weighted by Crippen LogP contribution is -2.30. The summed E-state index contributed by atoms with van der Waals surface area (Å²) >= 11 is 1.30. The molecule has 8 nitrogen and oxygen atoms in total. The fraction of sp³-hybridized carbons (Fsp3) is 0.258. The Bertz CT molecular complexity index is 3490. The van der Waals surface area contributed by atoms with Crippen molar-refractivity contribution in [3.8, 4) is 33.4 Å². The second-order valence-corrected chi connectivity index (χ2v) is 20.0. The minimum absolute atomic E-state index is 0.408. The number of nitrogens with zero attached hydrogens (tertiary/aromatic N) is 6. The summed E-state index contributed by atoms with van der Waals surface area (Å²) in [5.41, 5.74) is 18.2. The van der Waals surface area contributed by atoms with Crippen molar-refractivity contribution in [1.82, 2.24) is 18.7 Å². The minimum Gasteiger partial charge on any atom is -0.371 e. The van der Waals surface area contributed by atoms with E-state index in [0.29, 0.717) is 11.1 Å². The molecule has 3 aliphatic rings. The van der Waals surface area contributed by atoms with E-state index in [0.717, 1.165) is 116 Å². The number of aryl methyl sites for hydroxylation is 2. The summed E-state index contributed by atoms with van der Waals surface area (Å²) in [6.45, 7) is 9.06. The first-order valence-corrected chi connectivity index (χ1v) is 26.5. The number of aromatic nitrogens is 4. The molecule has 0 N–H and O–H groups in total. The lowest BCUT2D eigenvalue weighted by Gasteiger charge is -2.32. The van der Waals surface area contributed by atoms with Gasteiger partial charge in [0.25, 0.3) is 11.7 Å². The maximum absolute atomic E-state index is 11.8. The Balaban J connectivity index is 0.000000273. The van der Waals surface area contributed by atoms with E-state index < -0.39 is 11.6 Å². The first-order valence-electron chi connectivity index (χ1n) is 25.7. The van der Waals surface area contributed by atoms with Gasteiger partial charge in [0.1, 0.15) is 0 Å². The van der Waals surface area contributed by atoms with Crippen LogP contribution in [0.3, 0.4) is 0 Å². The van der Waals surface area contributed by atoms with Crippen molar-refractivity contribution in [1.29, 1.82) is 0 Å². The molecule has 0 saturated heterocycles. The molecule has 2 aliphatic heterocycles.